The summed E-state index contributed by atoms with van der Waals surface area (Å²) in [5, 5.41) is 4.17. The second-order valence-electron chi connectivity index (χ2n) is 3.59. The van der Waals surface area contributed by atoms with Gasteiger partial charge in [-0.15, -0.1) is 11.6 Å². The monoisotopic (exact) mass is 256 g/mol. The summed E-state index contributed by atoms with van der Waals surface area (Å²) in [4.78, 5) is 4.19. The Labute approximate surface area is 103 Å². The van der Waals surface area contributed by atoms with E-state index in [1.54, 1.807) is 13.0 Å². The smallest absolute Gasteiger partial charge is 0.258 e. The summed E-state index contributed by atoms with van der Waals surface area (Å²) in [6.07, 6.45) is 0. The number of aryl methyl sites for hydroxylation is 1. The second-order valence-corrected chi connectivity index (χ2v) is 4.68. The highest BCUT2D eigenvalue weighted by atomic mass is 35.5. The molecule has 0 aliphatic rings. The number of hydrogen-bond acceptors (Lipinski definition) is 3. The van der Waals surface area contributed by atoms with Crippen molar-refractivity contribution < 1.29 is 4.52 Å². The van der Waals surface area contributed by atoms with Crippen molar-refractivity contribution >= 4 is 23.2 Å². The Morgan fingerprint density at radius 2 is 2.06 bits per heavy atom. The maximum atomic E-state index is 5.95. The van der Waals surface area contributed by atoms with Crippen LogP contribution in [0.25, 0.3) is 11.5 Å². The highest BCUT2D eigenvalue weighted by molar-refractivity contribution is 6.30. The fourth-order valence-corrected chi connectivity index (χ4v) is 1.75. The van der Waals surface area contributed by atoms with Gasteiger partial charge in [-0.25, -0.2) is 0 Å². The van der Waals surface area contributed by atoms with Gasteiger partial charge >= 0.3 is 0 Å². The van der Waals surface area contributed by atoms with Crippen molar-refractivity contribution in [2.75, 3.05) is 0 Å². The van der Waals surface area contributed by atoms with Gasteiger partial charge in [-0.1, -0.05) is 16.8 Å². The van der Waals surface area contributed by atoms with E-state index in [4.69, 9.17) is 27.7 Å². The van der Waals surface area contributed by atoms with Gasteiger partial charge in [0.1, 0.15) is 0 Å². The Hall–Kier alpha value is -1.06. The fraction of sp³-hybridized carbons (Fsp3) is 0.273. The number of rotatable bonds is 2. The molecular weight excluding hydrogens is 247 g/mol. The Morgan fingerprint density at radius 3 is 2.62 bits per heavy atom. The van der Waals surface area contributed by atoms with Crippen LogP contribution in [0.3, 0.4) is 0 Å². The molecule has 1 atom stereocenters. The lowest BCUT2D eigenvalue weighted by molar-refractivity contribution is 0.422. The van der Waals surface area contributed by atoms with Crippen molar-refractivity contribution in [2.24, 2.45) is 0 Å². The highest BCUT2D eigenvalue weighted by Gasteiger charge is 2.13. The maximum Gasteiger partial charge on any atom is 0.258 e. The van der Waals surface area contributed by atoms with Gasteiger partial charge in [0.2, 0.25) is 0 Å². The summed E-state index contributed by atoms with van der Waals surface area (Å²) in [7, 11) is 0. The number of halogens is 2. The summed E-state index contributed by atoms with van der Waals surface area (Å²) >= 11 is 11.8. The first kappa shape index (κ1) is 11.4. The van der Waals surface area contributed by atoms with Crippen molar-refractivity contribution in [3.63, 3.8) is 0 Å². The van der Waals surface area contributed by atoms with E-state index in [1.807, 2.05) is 19.1 Å². The normalized spacial score (nSPS) is 12.8. The molecule has 0 saturated heterocycles. The van der Waals surface area contributed by atoms with Crippen LogP contribution in [0.2, 0.25) is 5.02 Å². The summed E-state index contributed by atoms with van der Waals surface area (Å²) in [5.41, 5.74) is 1.85. The molecule has 3 nitrogen and oxygen atoms in total. The molecular formula is C11H10Cl2N2O. The zero-order chi connectivity index (χ0) is 11.7. The first-order valence-electron chi connectivity index (χ1n) is 4.81. The van der Waals surface area contributed by atoms with E-state index < -0.39 is 0 Å². The van der Waals surface area contributed by atoms with Gasteiger partial charge in [0.05, 0.1) is 5.38 Å². The lowest BCUT2D eigenvalue weighted by Crippen LogP contribution is -1.87. The third kappa shape index (κ3) is 2.36. The van der Waals surface area contributed by atoms with Gasteiger partial charge in [0, 0.05) is 10.6 Å². The molecule has 0 aliphatic heterocycles. The van der Waals surface area contributed by atoms with E-state index in [2.05, 4.69) is 10.1 Å². The van der Waals surface area contributed by atoms with Crippen LogP contribution in [0, 0.1) is 6.92 Å². The van der Waals surface area contributed by atoms with Crippen molar-refractivity contribution in [1.29, 1.82) is 0 Å². The van der Waals surface area contributed by atoms with Crippen LogP contribution in [0.4, 0.5) is 0 Å². The van der Waals surface area contributed by atoms with Crippen molar-refractivity contribution in [3.8, 4) is 11.5 Å². The second kappa shape index (κ2) is 4.44. The van der Waals surface area contributed by atoms with Crippen LogP contribution < -0.4 is 0 Å². The lowest BCUT2D eigenvalue weighted by atomic mass is 10.1. The van der Waals surface area contributed by atoms with Crippen LogP contribution in [-0.4, -0.2) is 10.1 Å². The Balaban J connectivity index is 2.42. The van der Waals surface area contributed by atoms with Gasteiger partial charge in [-0.05, 0) is 37.6 Å². The molecule has 0 fully saturated rings. The third-order valence-corrected chi connectivity index (χ3v) is 2.50. The number of alkyl halides is 1. The van der Waals surface area contributed by atoms with Crippen molar-refractivity contribution in [3.05, 3.63) is 34.6 Å². The van der Waals surface area contributed by atoms with Crippen molar-refractivity contribution in [1.82, 2.24) is 10.1 Å². The molecule has 1 aromatic heterocycles. The molecule has 0 spiro atoms. The van der Waals surface area contributed by atoms with E-state index in [0.717, 1.165) is 11.1 Å². The summed E-state index contributed by atoms with van der Waals surface area (Å²) in [6.45, 7) is 3.75. The van der Waals surface area contributed by atoms with Crippen LogP contribution >= 0.6 is 23.2 Å². The number of hydrogen-bond donors (Lipinski definition) is 0. The Kier molecular flexibility index (Phi) is 3.17. The average molecular weight is 257 g/mol. The van der Waals surface area contributed by atoms with Gasteiger partial charge in [0.25, 0.3) is 5.89 Å². The zero-order valence-electron chi connectivity index (χ0n) is 8.87. The molecule has 16 heavy (non-hydrogen) atoms. The Morgan fingerprint density at radius 1 is 1.31 bits per heavy atom. The standard InChI is InChI=1S/C11H10Cl2N2O/c1-6-3-8(5-9(13)4-6)11-14-10(7(2)12)15-16-11/h3-5,7H,1-2H3. The zero-order valence-corrected chi connectivity index (χ0v) is 10.4. The predicted octanol–water partition coefficient (Wildman–Crippen LogP) is 4.00. The maximum absolute atomic E-state index is 5.95. The quantitative estimate of drug-likeness (QED) is 0.763. The fourth-order valence-electron chi connectivity index (χ4n) is 1.37. The minimum absolute atomic E-state index is 0.266. The first-order chi connectivity index (χ1) is 7.56. The largest absolute Gasteiger partial charge is 0.334 e. The molecule has 1 aromatic carbocycles. The van der Waals surface area contributed by atoms with Crippen LogP contribution in [0.5, 0.6) is 0 Å². The molecule has 2 aromatic rings. The molecule has 0 N–H and O–H groups in total. The van der Waals surface area contributed by atoms with E-state index in [-0.39, 0.29) is 5.38 Å². The van der Waals surface area contributed by atoms with Gasteiger partial charge in [-0.2, -0.15) is 4.98 Å². The van der Waals surface area contributed by atoms with E-state index >= 15 is 0 Å². The molecule has 84 valence electrons. The summed E-state index contributed by atoms with van der Waals surface area (Å²) in [6, 6.07) is 5.58. The minimum Gasteiger partial charge on any atom is -0.334 e. The predicted molar refractivity (Wildman–Crippen MR) is 63.7 cm³/mol. The van der Waals surface area contributed by atoms with Crippen LogP contribution in [0.15, 0.2) is 22.7 Å². The molecule has 0 bridgehead atoms. The summed E-state index contributed by atoms with van der Waals surface area (Å²) < 4.78 is 5.12. The van der Waals surface area contributed by atoms with E-state index in [9.17, 15) is 0 Å². The molecule has 5 heteroatoms. The minimum atomic E-state index is -0.266. The van der Waals surface area contributed by atoms with Gasteiger partial charge in [0.15, 0.2) is 5.82 Å². The molecule has 2 rings (SSSR count). The topological polar surface area (TPSA) is 38.9 Å². The number of aromatic nitrogens is 2. The SMILES string of the molecule is Cc1cc(Cl)cc(-c2nc(C(C)Cl)no2)c1. The lowest BCUT2D eigenvalue weighted by Gasteiger charge is -1.98. The van der Waals surface area contributed by atoms with Gasteiger partial charge in [-0.3, -0.25) is 0 Å². The van der Waals surface area contributed by atoms with E-state index in [0.29, 0.717) is 16.7 Å². The summed E-state index contributed by atoms with van der Waals surface area (Å²) in [5.74, 6) is 0.919. The van der Waals surface area contributed by atoms with Crippen LogP contribution in [0.1, 0.15) is 23.7 Å². The first-order valence-corrected chi connectivity index (χ1v) is 5.63. The molecule has 1 unspecified atom stereocenters. The van der Waals surface area contributed by atoms with Crippen LogP contribution in [-0.2, 0) is 0 Å². The average Bonchev–Trinajstić information content (AvgIpc) is 2.64. The molecule has 1 heterocycles. The molecule has 0 amide bonds. The highest BCUT2D eigenvalue weighted by Crippen LogP contribution is 2.25. The van der Waals surface area contributed by atoms with Crippen molar-refractivity contribution in [2.45, 2.75) is 19.2 Å². The molecule has 0 aliphatic carbocycles. The van der Waals surface area contributed by atoms with Gasteiger partial charge < -0.3 is 4.52 Å². The molecule has 0 saturated carbocycles. The third-order valence-electron chi connectivity index (χ3n) is 2.09. The molecule has 0 radical (unpaired) electrons. The number of nitrogens with zero attached hydrogens (tertiary/aromatic N) is 2. The number of benzene rings is 1. The van der Waals surface area contributed by atoms with E-state index in [1.165, 1.54) is 0 Å². The Bertz CT molecular complexity index is 488.